The third-order valence-corrected chi connectivity index (χ3v) is 6.38. The molecule has 0 bridgehead atoms. The molecule has 2 aromatic carbocycles. The minimum atomic E-state index is -0.751. The lowest BCUT2D eigenvalue weighted by molar-refractivity contribution is -0.130. The Morgan fingerprint density at radius 3 is 2.39 bits per heavy atom. The number of aldehydes is 1. The van der Waals surface area contributed by atoms with E-state index < -0.39 is 5.66 Å². The Labute approximate surface area is 203 Å². The first-order valence-electron chi connectivity index (χ1n) is 10.9. The summed E-state index contributed by atoms with van der Waals surface area (Å²) in [5.41, 5.74) is 1.67. The summed E-state index contributed by atoms with van der Waals surface area (Å²) in [7, 11) is 0. The third kappa shape index (κ3) is 4.97. The Morgan fingerprint density at radius 2 is 1.82 bits per heavy atom. The van der Waals surface area contributed by atoms with Crippen LogP contribution >= 0.6 is 23.2 Å². The highest BCUT2D eigenvalue weighted by atomic mass is 35.5. The van der Waals surface area contributed by atoms with E-state index >= 15 is 0 Å². The highest BCUT2D eigenvalue weighted by Gasteiger charge is 2.49. The Bertz CT molecular complexity index is 1100. The van der Waals surface area contributed by atoms with Gasteiger partial charge in [-0.25, -0.2) is 0 Å². The van der Waals surface area contributed by atoms with E-state index in [2.05, 4.69) is 5.32 Å². The van der Waals surface area contributed by atoms with Crippen LogP contribution in [0.3, 0.4) is 0 Å². The van der Waals surface area contributed by atoms with Crippen molar-refractivity contribution in [2.75, 3.05) is 6.54 Å². The number of carbonyl (C=O) groups excluding carboxylic acids is 3. The fourth-order valence-corrected chi connectivity index (χ4v) is 4.83. The molecule has 0 aromatic heterocycles. The maximum absolute atomic E-state index is 13.6. The van der Waals surface area contributed by atoms with Gasteiger partial charge in [-0.3, -0.25) is 14.6 Å². The number of halogens is 2. The van der Waals surface area contributed by atoms with Gasteiger partial charge in [0.05, 0.1) is 6.04 Å². The minimum Gasteiger partial charge on any atom is -0.352 e. The van der Waals surface area contributed by atoms with E-state index in [1.54, 1.807) is 30.3 Å². The summed E-state index contributed by atoms with van der Waals surface area (Å²) < 4.78 is 0. The fraction of sp³-hybridized carbons (Fsp3) is 0.360. The zero-order valence-electron chi connectivity index (χ0n) is 18.5. The van der Waals surface area contributed by atoms with Gasteiger partial charge in [-0.15, -0.1) is 0 Å². The molecule has 172 valence electrons. The molecule has 33 heavy (non-hydrogen) atoms. The lowest BCUT2D eigenvalue weighted by atomic mass is 9.96. The molecule has 8 heteroatoms. The molecule has 0 saturated heterocycles. The normalized spacial score (nSPS) is 18.1. The molecule has 1 fully saturated rings. The number of carbonyl (C=O) groups is 3. The topological polar surface area (TPSA) is 78.8 Å². The van der Waals surface area contributed by atoms with Gasteiger partial charge >= 0.3 is 0 Å². The van der Waals surface area contributed by atoms with Crippen LogP contribution in [0.15, 0.2) is 47.5 Å². The average molecular weight is 486 g/mol. The SMILES string of the molecule is CC1(C)N=C(c2cc(Cl)cc(Cl)c2)C(=O)N1C(c1ccc(C(=O)NCCC=O)cc1)C1CC1. The summed E-state index contributed by atoms with van der Waals surface area (Å²) in [4.78, 5) is 43.0. The predicted molar refractivity (Wildman–Crippen MR) is 129 cm³/mol. The predicted octanol–water partition coefficient (Wildman–Crippen LogP) is 4.83. The summed E-state index contributed by atoms with van der Waals surface area (Å²) in [6.45, 7) is 4.15. The Hall–Kier alpha value is -2.70. The molecule has 1 aliphatic carbocycles. The molecule has 1 heterocycles. The number of nitrogens with zero attached hydrogens (tertiary/aromatic N) is 2. The van der Waals surface area contributed by atoms with Crippen molar-refractivity contribution in [1.82, 2.24) is 10.2 Å². The van der Waals surface area contributed by atoms with Crippen LogP contribution in [-0.4, -0.2) is 40.9 Å². The molecule has 1 atom stereocenters. The number of hydrogen-bond donors (Lipinski definition) is 1. The first-order chi connectivity index (χ1) is 15.7. The molecule has 1 N–H and O–H groups in total. The van der Waals surface area contributed by atoms with Crippen LogP contribution in [0.2, 0.25) is 10.0 Å². The second-order valence-corrected chi connectivity index (χ2v) is 9.78. The number of benzene rings is 2. The molecule has 0 spiro atoms. The highest BCUT2D eigenvalue weighted by molar-refractivity contribution is 6.47. The summed E-state index contributed by atoms with van der Waals surface area (Å²) in [6.07, 6.45) is 3.10. The van der Waals surface area contributed by atoms with Gasteiger partial charge in [0, 0.05) is 34.1 Å². The van der Waals surface area contributed by atoms with E-state index in [0.29, 0.717) is 39.3 Å². The van der Waals surface area contributed by atoms with Crippen LogP contribution in [-0.2, 0) is 9.59 Å². The van der Waals surface area contributed by atoms with Crippen molar-refractivity contribution < 1.29 is 14.4 Å². The van der Waals surface area contributed by atoms with Crippen LogP contribution in [0.4, 0.5) is 0 Å². The van der Waals surface area contributed by atoms with Crippen molar-refractivity contribution in [2.24, 2.45) is 10.9 Å². The maximum atomic E-state index is 13.6. The van der Waals surface area contributed by atoms with Crippen molar-refractivity contribution in [3.05, 3.63) is 69.2 Å². The maximum Gasteiger partial charge on any atom is 0.275 e. The van der Waals surface area contributed by atoms with Crippen LogP contribution in [0.25, 0.3) is 0 Å². The molecule has 0 radical (unpaired) electrons. The van der Waals surface area contributed by atoms with Gasteiger partial charge in [-0.05, 0) is 68.5 Å². The van der Waals surface area contributed by atoms with Gasteiger partial charge in [0.25, 0.3) is 11.8 Å². The number of amides is 2. The number of aliphatic imine (C=N–C) groups is 1. The van der Waals surface area contributed by atoms with Gasteiger partial charge in [0.2, 0.25) is 0 Å². The standard InChI is InChI=1S/C25H25Cl2N3O3/c1-25(2)29-21(18-12-19(26)14-20(27)13-18)24(33)30(25)22(15-4-5-15)16-6-8-17(9-7-16)23(32)28-10-3-11-31/h6-9,11-15,22H,3-5,10H2,1-2H3,(H,28,32). The number of nitrogens with one attached hydrogen (secondary N) is 1. The quantitative estimate of drug-likeness (QED) is 0.429. The van der Waals surface area contributed by atoms with Crippen molar-refractivity contribution >= 4 is 47.0 Å². The third-order valence-electron chi connectivity index (χ3n) is 5.94. The first-order valence-corrected chi connectivity index (χ1v) is 11.7. The van der Waals surface area contributed by atoms with Gasteiger partial charge < -0.3 is 15.0 Å². The molecule has 4 rings (SSSR count). The Kier molecular flexibility index (Phi) is 6.59. The number of hydrogen-bond acceptors (Lipinski definition) is 4. The zero-order valence-corrected chi connectivity index (χ0v) is 20.0. The van der Waals surface area contributed by atoms with E-state index in [0.717, 1.165) is 24.7 Å². The lowest BCUT2D eigenvalue weighted by Gasteiger charge is -2.37. The van der Waals surface area contributed by atoms with Gasteiger partial charge in [0.1, 0.15) is 17.7 Å². The van der Waals surface area contributed by atoms with E-state index in [1.165, 1.54) is 0 Å². The van der Waals surface area contributed by atoms with E-state index in [9.17, 15) is 14.4 Å². The fourth-order valence-electron chi connectivity index (χ4n) is 4.31. The molecular weight excluding hydrogens is 461 g/mol. The monoisotopic (exact) mass is 485 g/mol. The molecule has 2 aromatic rings. The van der Waals surface area contributed by atoms with Gasteiger partial charge in [-0.1, -0.05) is 35.3 Å². The van der Waals surface area contributed by atoms with Crippen LogP contribution < -0.4 is 5.32 Å². The second kappa shape index (κ2) is 9.27. The van der Waals surface area contributed by atoms with Crippen LogP contribution in [0, 0.1) is 5.92 Å². The molecule has 2 aliphatic rings. The first kappa shape index (κ1) is 23.5. The van der Waals surface area contributed by atoms with Crippen LogP contribution in [0.1, 0.15) is 60.6 Å². The lowest BCUT2D eigenvalue weighted by Crippen LogP contribution is -2.46. The summed E-state index contributed by atoms with van der Waals surface area (Å²) in [5, 5.41) is 3.62. The summed E-state index contributed by atoms with van der Waals surface area (Å²) in [5.74, 6) is -0.0590. The number of rotatable bonds is 8. The van der Waals surface area contributed by atoms with E-state index in [-0.39, 0.29) is 24.3 Å². The van der Waals surface area contributed by atoms with Gasteiger partial charge in [0.15, 0.2) is 0 Å². The summed E-state index contributed by atoms with van der Waals surface area (Å²) >= 11 is 12.3. The van der Waals surface area contributed by atoms with Crippen molar-refractivity contribution in [3.8, 4) is 0 Å². The van der Waals surface area contributed by atoms with Crippen molar-refractivity contribution in [3.63, 3.8) is 0 Å². The van der Waals surface area contributed by atoms with Gasteiger partial charge in [-0.2, -0.15) is 0 Å². The van der Waals surface area contributed by atoms with Crippen LogP contribution in [0.5, 0.6) is 0 Å². The second-order valence-electron chi connectivity index (χ2n) is 8.90. The smallest absolute Gasteiger partial charge is 0.275 e. The van der Waals surface area contributed by atoms with E-state index in [4.69, 9.17) is 28.2 Å². The molecular formula is C25H25Cl2N3O3. The molecule has 1 unspecified atom stereocenters. The molecule has 1 saturated carbocycles. The van der Waals surface area contributed by atoms with Crippen molar-refractivity contribution in [1.29, 1.82) is 0 Å². The largest absolute Gasteiger partial charge is 0.352 e. The molecule has 1 aliphatic heterocycles. The highest BCUT2D eigenvalue weighted by Crippen LogP contribution is 2.48. The minimum absolute atomic E-state index is 0.157. The zero-order chi connectivity index (χ0) is 23.8. The Morgan fingerprint density at radius 1 is 1.18 bits per heavy atom. The molecule has 6 nitrogen and oxygen atoms in total. The van der Waals surface area contributed by atoms with Crippen molar-refractivity contribution in [2.45, 2.75) is 44.8 Å². The summed E-state index contributed by atoms with van der Waals surface area (Å²) in [6, 6.07) is 12.2. The Balaban J connectivity index is 1.61. The van der Waals surface area contributed by atoms with E-state index in [1.807, 2.05) is 30.9 Å². The average Bonchev–Trinajstić information content (AvgIpc) is 3.56. The molecule has 2 amide bonds.